The van der Waals surface area contributed by atoms with Crippen LogP contribution in [0.2, 0.25) is 5.15 Å². The number of carbonyl (C=O) groups is 2. The summed E-state index contributed by atoms with van der Waals surface area (Å²) < 4.78 is 0. The van der Waals surface area contributed by atoms with Crippen LogP contribution in [0.5, 0.6) is 0 Å². The standard InChI is InChI=1S/C9H11ClN4O2/c1-2-14(5-8(11)15)9(16)6-3-13-7(10)4-12-6/h3-4H,2,5H2,1H3,(H2,11,15). The first-order chi connectivity index (χ1) is 7.54. The van der Waals surface area contributed by atoms with E-state index in [0.717, 1.165) is 0 Å². The van der Waals surface area contributed by atoms with Crippen LogP contribution in [0.15, 0.2) is 12.4 Å². The van der Waals surface area contributed by atoms with Gasteiger partial charge in [-0.2, -0.15) is 0 Å². The molecule has 0 bridgehead atoms. The molecule has 0 aromatic carbocycles. The zero-order chi connectivity index (χ0) is 12.1. The van der Waals surface area contributed by atoms with Gasteiger partial charge in [-0.3, -0.25) is 9.59 Å². The molecule has 6 nitrogen and oxygen atoms in total. The number of nitrogens with two attached hydrogens (primary N) is 1. The quantitative estimate of drug-likeness (QED) is 0.810. The van der Waals surface area contributed by atoms with Gasteiger partial charge >= 0.3 is 0 Å². The van der Waals surface area contributed by atoms with Crippen molar-refractivity contribution in [3.05, 3.63) is 23.2 Å². The Balaban J connectivity index is 2.82. The molecule has 0 aliphatic rings. The van der Waals surface area contributed by atoms with Crippen LogP contribution in [-0.2, 0) is 4.79 Å². The Bertz CT molecular complexity index is 393. The Labute approximate surface area is 97.4 Å². The lowest BCUT2D eigenvalue weighted by atomic mass is 10.3. The third kappa shape index (κ3) is 3.16. The highest BCUT2D eigenvalue weighted by atomic mass is 35.5. The summed E-state index contributed by atoms with van der Waals surface area (Å²) in [4.78, 5) is 31.4. The number of likely N-dealkylation sites (N-methyl/N-ethyl adjacent to an activating group) is 1. The zero-order valence-corrected chi connectivity index (χ0v) is 9.44. The lowest BCUT2D eigenvalue weighted by molar-refractivity contribution is -0.118. The predicted octanol–water partition coefficient (Wildman–Crippen LogP) is 0.0774. The van der Waals surface area contributed by atoms with Crippen molar-refractivity contribution in [2.75, 3.05) is 13.1 Å². The topological polar surface area (TPSA) is 89.2 Å². The van der Waals surface area contributed by atoms with E-state index in [1.54, 1.807) is 6.92 Å². The minimum absolute atomic E-state index is 0.132. The molecule has 1 heterocycles. The highest BCUT2D eigenvalue weighted by molar-refractivity contribution is 6.29. The summed E-state index contributed by atoms with van der Waals surface area (Å²) >= 11 is 5.54. The maximum atomic E-state index is 11.8. The summed E-state index contributed by atoms with van der Waals surface area (Å²) in [7, 11) is 0. The van der Waals surface area contributed by atoms with E-state index in [4.69, 9.17) is 17.3 Å². The van der Waals surface area contributed by atoms with Crippen molar-refractivity contribution < 1.29 is 9.59 Å². The lowest BCUT2D eigenvalue weighted by Crippen LogP contribution is -2.38. The van der Waals surface area contributed by atoms with Crippen LogP contribution < -0.4 is 5.73 Å². The molecule has 0 aliphatic heterocycles. The van der Waals surface area contributed by atoms with E-state index < -0.39 is 11.8 Å². The van der Waals surface area contributed by atoms with Crippen LogP contribution in [0, 0.1) is 0 Å². The van der Waals surface area contributed by atoms with Crippen LogP contribution in [0.1, 0.15) is 17.4 Å². The van der Waals surface area contributed by atoms with Crippen molar-refractivity contribution in [2.45, 2.75) is 6.92 Å². The molecule has 0 aliphatic carbocycles. The second-order valence-electron chi connectivity index (χ2n) is 3.01. The van der Waals surface area contributed by atoms with Crippen LogP contribution >= 0.6 is 11.6 Å². The van der Waals surface area contributed by atoms with Gasteiger partial charge in [0.05, 0.1) is 18.9 Å². The largest absolute Gasteiger partial charge is 0.368 e. The Hall–Kier alpha value is -1.69. The summed E-state index contributed by atoms with van der Waals surface area (Å²) in [5.74, 6) is -0.970. The monoisotopic (exact) mass is 242 g/mol. The molecular formula is C9H11ClN4O2. The van der Waals surface area contributed by atoms with Gasteiger partial charge in [-0.05, 0) is 6.92 Å². The molecule has 86 valence electrons. The zero-order valence-electron chi connectivity index (χ0n) is 8.68. The Morgan fingerprint density at radius 3 is 2.56 bits per heavy atom. The summed E-state index contributed by atoms with van der Waals surface area (Å²) in [5.41, 5.74) is 5.15. The smallest absolute Gasteiger partial charge is 0.274 e. The molecule has 1 rings (SSSR count). The lowest BCUT2D eigenvalue weighted by Gasteiger charge is -2.17. The number of halogens is 1. The molecule has 2 amide bonds. The van der Waals surface area contributed by atoms with E-state index in [9.17, 15) is 9.59 Å². The minimum Gasteiger partial charge on any atom is -0.368 e. The number of rotatable bonds is 4. The van der Waals surface area contributed by atoms with Crippen molar-refractivity contribution in [1.82, 2.24) is 14.9 Å². The van der Waals surface area contributed by atoms with Crippen LogP contribution in [0.25, 0.3) is 0 Å². The molecule has 16 heavy (non-hydrogen) atoms. The highest BCUT2D eigenvalue weighted by Gasteiger charge is 2.17. The minimum atomic E-state index is -0.572. The number of amides is 2. The summed E-state index contributed by atoms with van der Waals surface area (Å²) in [6.07, 6.45) is 2.53. The van der Waals surface area contributed by atoms with Crippen molar-refractivity contribution >= 4 is 23.4 Å². The number of carbonyl (C=O) groups excluding carboxylic acids is 2. The Morgan fingerprint density at radius 2 is 2.12 bits per heavy atom. The SMILES string of the molecule is CCN(CC(N)=O)C(=O)c1cnc(Cl)cn1. The van der Waals surface area contributed by atoms with Crippen LogP contribution in [0.3, 0.4) is 0 Å². The first-order valence-corrected chi connectivity index (χ1v) is 4.97. The fourth-order valence-corrected chi connectivity index (χ4v) is 1.20. The molecule has 7 heteroatoms. The Kier molecular flexibility index (Phi) is 4.19. The molecule has 0 saturated heterocycles. The van der Waals surface area contributed by atoms with Gasteiger partial charge < -0.3 is 10.6 Å². The van der Waals surface area contributed by atoms with Gasteiger partial charge in [0.1, 0.15) is 10.8 Å². The molecular weight excluding hydrogens is 232 g/mol. The van der Waals surface area contributed by atoms with E-state index in [1.165, 1.54) is 17.3 Å². The average Bonchev–Trinajstić information content (AvgIpc) is 2.25. The number of aromatic nitrogens is 2. The van der Waals surface area contributed by atoms with Gasteiger partial charge in [0.15, 0.2) is 0 Å². The fourth-order valence-electron chi connectivity index (χ4n) is 1.10. The molecule has 2 N–H and O–H groups in total. The molecule has 1 aromatic heterocycles. The number of nitrogens with zero attached hydrogens (tertiary/aromatic N) is 3. The number of hydrogen-bond donors (Lipinski definition) is 1. The maximum Gasteiger partial charge on any atom is 0.274 e. The molecule has 0 atom stereocenters. The number of primary amides is 1. The van der Waals surface area contributed by atoms with Crippen molar-refractivity contribution in [2.24, 2.45) is 5.73 Å². The first kappa shape index (κ1) is 12.4. The van der Waals surface area contributed by atoms with E-state index >= 15 is 0 Å². The molecule has 0 radical (unpaired) electrons. The van der Waals surface area contributed by atoms with Crippen LogP contribution in [-0.4, -0.2) is 39.8 Å². The van der Waals surface area contributed by atoms with Gasteiger partial charge in [-0.1, -0.05) is 11.6 Å². The van der Waals surface area contributed by atoms with Gasteiger partial charge in [0, 0.05) is 6.54 Å². The van der Waals surface area contributed by atoms with Gasteiger partial charge in [-0.15, -0.1) is 0 Å². The third-order valence-corrected chi connectivity index (χ3v) is 2.05. The van der Waals surface area contributed by atoms with Gasteiger partial charge in [0.25, 0.3) is 5.91 Å². The summed E-state index contributed by atoms with van der Waals surface area (Å²) in [6, 6.07) is 0. The van der Waals surface area contributed by atoms with Gasteiger partial charge in [-0.25, -0.2) is 9.97 Å². The van der Waals surface area contributed by atoms with E-state index in [0.29, 0.717) is 6.54 Å². The Morgan fingerprint density at radius 1 is 1.44 bits per heavy atom. The van der Waals surface area contributed by atoms with Crippen molar-refractivity contribution in [1.29, 1.82) is 0 Å². The van der Waals surface area contributed by atoms with Crippen molar-refractivity contribution in [3.63, 3.8) is 0 Å². The maximum absolute atomic E-state index is 11.8. The molecule has 0 unspecified atom stereocenters. The predicted molar refractivity (Wildman–Crippen MR) is 57.8 cm³/mol. The second kappa shape index (κ2) is 5.41. The molecule has 0 spiro atoms. The van der Waals surface area contributed by atoms with E-state index in [1.807, 2.05) is 0 Å². The summed E-state index contributed by atoms with van der Waals surface area (Å²) in [6.45, 7) is 1.97. The highest BCUT2D eigenvalue weighted by Crippen LogP contribution is 2.04. The molecule has 0 saturated carbocycles. The van der Waals surface area contributed by atoms with Crippen molar-refractivity contribution in [3.8, 4) is 0 Å². The fraction of sp³-hybridized carbons (Fsp3) is 0.333. The van der Waals surface area contributed by atoms with E-state index in [2.05, 4.69) is 9.97 Å². The molecule has 1 aromatic rings. The third-order valence-electron chi connectivity index (χ3n) is 1.86. The van der Waals surface area contributed by atoms with Crippen LogP contribution in [0.4, 0.5) is 0 Å². The van der Waals surface area contributed by atoms with E-state index in [-0.39, 0.29) is 17.4 Å². The average molecular weight is 243 g/mol. The normalized spacial score (nSPS) is 9.88. The molecule has 0 fully saturated rings. The second-order valence-corrected chi connectivity index (χ2v) is 3.40. The number of hydrogen-bond acceptors (Lipinski definition) is 4. The first-order valence-electron chi connectivity index (χ1n) is 4.59. The summed E-state index contributed by atoms with van der Waals surface area (Å²) in [5, 5.41) is 0.203. The van der Waals surface area contributed by atoms with Gasteiger partial charge in [0.2, 0.25) is 5.91 Å².